The number of methoxy groups -OCH3 is 1. The van der Waals surface area contributed by atoms with Crippen molar-refractivity contribution >= 4 is 91.3 Å². The van der Waals surface area contributed by atoms with E-state index in [-0.39, 0.29) is 43.3 Å². The van der Waals surface area contributed by atoms with Crippen LogP contribution >= 0.6 is 69.1 Å². The molecule has 2 unspecified atom stereocenters. The number of carboxylic acid groups (broad SMARTS) is 1. The largest absolute Gasteiger partial charge is 1.00 e. The molecule has 65 heavy (non-hydrogen) atoms. The average Bonchev–Trinajstić information content (AvgIpc) is 3.83. The van der Waals surface area contributed by atoms with Crippen LogP contribution in [0.3, 0.4) is 0 Å². The van der Waals surface area contributed by atoms with Crippen molar-refractivity contribution in [2.24, 2.45) is 23.7 Å². The van der Waals surface area contributed by atoms with E-state index in [0.29, 0.717) is 60.7 Å². The van der Waals surface area contributed by atoms with Crippen molar-refractivity contribution in [3.05, 3.63) is 123 Å². The van der Waals surface area contributed by atoms with Gasteiger partial charge in [0.15, 0.2) is 10.3 Å². The van der Waals surface area contributed by atoms with Gasteiger partial charge in [0.1, 0.15) is 0 Å². The molecule has 2 atom stereocenters. The molecule has 6 N–H and O–H groups in total. The molecule has 0 aliphatic heterocycles. The number of anilines is 2. The molecule has 2 aromatic carbocycles. The summed E-state index contributed by atoms with van der Waals surface area (Å²) in [5.41, 5.74) is 3.90. The molecule has 4 aromatic heterocycles. The Kier molecular flexibility index (Phi) is 22.2. The molecule has 4 heterocycles. The minimum absolute atomic E-state index is 0. The molecule has 342 valence electrons. The molecule has 0 amide bonds. The Balaban J connectivity index is 0.000000335. The van der Waals surface area contributed by atoms with Crippen molar-refractivity contribution in [2.75, 3.05) is 30.8 Å². The molecule has 0 aliphatic carbocycles. The van der Waals surface area contributed by atoms with Crippen LogP contribution < -0.4 is 40.9 Å². The predicted octanol–water partition coefficient (Wildman–Crippen LogP) is 6.42. The smallest absolute Gasteiger partial charge is 0.870 e. The summed E-state index contributed by atoms with van der Waals surface area (Å²) < 4.78 is 4.96. The Morgan fingerprint density at radius 1 is 0.692 bits per heavy atom. The Morgan fingerprint density at radius 2 is 1.11 bits per heavy atom. The van der Waals surface area contributed by atoms with E-state index in [0.717, 1.165) is 50.7 Å². The number of ether oxygens (including phenoxy) is 1. The number of aromatic amines is 2. The SMILES string of the molecule is CC(C)Cc1sc(NCC(Cc2cnc(=O)[nH]c2)C(=O)O)nc1-c1ccc(Cl)c(Cl)c1.COC(=O)C(CNc1nc(-c2ccc(Cl)c(Cl)c2)c(CC(C)C)s1)Cc1cnc(=O)[nH]c1.[Li+].[OH-]. The van der Waals surface area contributed by atoms with Crippen molar-refractivity contribution in [1.82, 2.24) is 29.9 Å². The number of halogens is 4. The summed E-state index contributed by atoms with van der Waals surface area (Å²) in [5.74, 6) is -1.61. The number of hydrogen-bond donors (Lipinski definition) is 5. The number of benzene rings is 2. The maximum atomic E-state index is 12.3. The van der Waals surface area contributed by atoms with Crippen molar-refractivity contribution in [3.8, 4) is 22.5 Å². The Morgan fingerprint density at radius 3 is 1.46 bits per heavy atom. The van der Waals surface area contributed by atoms with Crippen molar-refractivity contribution in [3.63, 3.8) is 0 Å². The van der Waals surface area contributed by atoms with Crippen LogP contribution in [0.4, 0.5) is 10.3 Å². The summed E-state index contributed by atoms with van der Waals surface area (Å²) in [7, 11) is 1.35. The molecule has 6 rings (SSSR count). The van der Waals surface area contributed by atoms with Gasteiger partial charge in [0.2, 0.25) is 0 Å². The molecule has 0 spiro atoms. The second kappa shape index (κ2) is 26.2. The van der Waals surface area contributed by atoms with Gasteiger partial charge in [-0.3, -0.25) is 9.59 Å². The van der Waals surface area contributed by atoms with Gasteiger partial charge in [-0.2, -0.15) is 0 Å². The first kappa shape index (κ1) is 55.0. The monoisotopic (exact) mass is 998 g/mol. The van der Waals surface area contributed by atoms with E-state index in [1.165, 1.54) is 37.0 Å². The number of carbonyl (C=O) groups excluding carboxylic acids is 1. The van der Waals surface area contributed by atoms with E-state index in [2.05, 4.69) is 58.3 Å². The Hall–Kier alpha value is -4.28. The number of rotatable bonds is 18. The van der Waals surface area contributed by atoms with E-state index >= 15 is 0 Å². The van der Waals surface area contributed by atoms with Gasteiger partial charge in [-0.05, 0) is 72.9 Å². The van der Waals surface area contributed by atoms with Crippen LogP contribution in [0.15, 0.2) is 70.8 Å². The summed E-state index contributed by atoms with van der Waals surface area (Å²) in [6, 6.07) is 10.9. The second-order valence-electron chi connectivity index (χ2n) is 15.3. The van der Waals surface area contributed by atoms with E-state index in [1.54, 1.807) is 35.7 Å². The van der Waals surface area contributed by atoms with Crippen LogP contribution in [0.5, 0.6) is 0 Å². The zero-order valence-corrected chi connectivity index (χ0v) is 41.0. The number of H-pyrrole nitrogens is 2. The van der Waals surface area contributed by atoms with Crippen LogP contribution in [-0.4, -0.2) is 72.6 Å². The van der Waals surface area contributed by atoms with Crippen LogP contribution in [0.1, 0.15) is 48.6 Å². The van der Waals surface area contributed by atoms with Gasteiger partial charge < -0.3 is 35.9 Å². The second-order valence-corrected chi connectivity index (χ2v) is 19.1. The van der Waals surface area contributed by atoms with Gasteiger partial charge in [0, 0.05) is 58.8 Å². The van der Waals surface area contributed by atoms with E-state index < -0.39 is 29.2 Å². The number of nitrogens with one attached hydrogen (secondary N) is 4. The van der Waals surface area contributed by atoms with Gasteiger partial charge in [-0.25, -0.2) is 29.5 Å². The zero-order chi connectivity index (χ0) is 45.8. The Labute approximate surface area is 415 Å². The van der Waals surface area contributed by atoms with E-state index in [1.807, 2.05) is 18.2 Å². The first-order valence-corrected chi connectivity index (χ1v) is 22.9. The molecule has 0 saturated carbocycles. The molecule has 0 saturated heterocycles. The number of thiazole rings is 2. The molecule has 15 nitrogen and oxygen atoms in total. The minimum atomic E-state index is -0.942. The predicted molar refractivity (Wildman–Crippen MR) is 255 cm³/mol. The molecule has 22 heteroatoms. The normalized spacial score (nSPS) is 11.7. The number of carboxylic acids is 1. The van der Waals surface area contributed by atoms with Gasteiger partial charge in [-0.15, -0.1) is 22.7 Å². The van der Waals surface area contributed by atoms with Crippen molar-refractivity contribution < 1.29 is 43.8 Å². The maximum Gasteiger partial charge on any atom is 1.00 e. The van der Waals surface area contributed by atoms with Crippen molar-refractivity contribution in [2.45, 2.75) is 53.4 Å². The minimum Gasteiger partial charge on any atom is -0.870 e. The molecule has 0 bridgehead atoms. The van der Waals surface area contributed by atoms with Crippen molar-refractivity contribution in [1.29, 1.82) is 0 Å². The maximum absolute atomic E-state index is 12.3. The standard InChI is InChI=1S/C22H24Cl2N4O3S.C21H22Cl2N4O3S.Li.H2O/c1-12(2)6-18-19(14-4-5-16(23)17(24)8-14)28-22(32-18)27-11-15(20(29)31-3)7-13-9-25-21(30)26-10-13;1-11(2)5-17-18(13-3-4-15(22)16(23)7-13)27-21(31-17)26-10-14(19(28)29)6-12-8-24-20(30)25-9-12;;/h4-5,8-10,12,15H,6-7,11H2,1-3H3,(H,27,28)(H,25,26,30);3-4,7-9,11,14H,5-6,10H2,1-2H3,(H,26,27)(H,28,29)(H,24,25,30);;1H2/q;;+1;/p-1. The first-order valence-electron chi connectivity index (χ1n) is 19.7. The van der Waals surface area contributed by atoms with E-state index in [9.17, 15) is 24.3 Å². The number of nitrogens with zero attached hydrogens (tertiary/aromatic N) is 4. The summed E-state index contributed by atoms with van der Waals surface area (Å²) >= 11 is 27.6. The number of hydrogen-bond acceptors (Lipinski definition) is 14. The van der Waals surface area contributed by atoms with E-state index in [4.69, 9.17) is 61.1 Å². The summed E-state index contributed by atoms with van der Waals surface area (Å²) in [4.78, 5) is 70.4. The van der Waals surface area contributed by atoms with Gasteiger partial charge in [0.05, 0.1) is 50.4 Å². The van der Waals surface area contributed by atoms with Crippen LogP contribution in [0, 0.1) is 23.7 Å². The topological polar surface area (TPSA) is 235 Å². The number of aliphatic carboxylic acids is 1. The molecule has 0 radical (unpaired) electrons. The molecule has 0 aliphatic rings. The fourth-order valence-electron chi connectivity index (χ4n) is 6.22. The third-order valence-electron chi connectivity index (χ3n) is 9.27. The summed E-state index contributed by atoms with van der Waals surface area (Å²) in [6.45, 7) is 9.06. The van der Waals surface area contributed by atoms with Gasteiger partial charge >= 0.3 is 42.2 Å². The molecular weight excluding hydrogens is 953 g/mol. The zero-order valence-electron chi connectivity index (χ0n) is 36.4. The molecular formula is C43H47Cl4LiN8O7S2. The fraction of sp³-hybridized carbons (Fsp3) is 0.349. The summed E-state index contributed by atoms with van der Waals surface area (Å²) in [6.07, 6.45) is 8.18. The molecule has 6 aromatic rings. The quantitative estimate of drug-likeness (QED) is 0.0462. The number of esters is 1. The number of carbonyl (C=O) groups is 2. The van der Waals surface area contributed by atoms with Crippen LogP contribution in [-0.2, 0) is 40.0 Å². The van der Waals surface area contributed by atoms with Gasteiger partial charge in [-0.1, -0.05) is 86.2 Å². The van der Waals surface area contributed by atoms with Crippen LogP contribution in [0.25, 0.3) is 22.5 Å². The fourth-order valence-corrected chi connectivity index (χ4v) is 9.22. The first-order chi connectivity index (χ1) is 30.0. The number of aromatic nitrogens is 6. The van der Waals surface area contributed by atoms with Crippen LogP contribution in [0.2, 0.25) is 20.1 Å². The summed E-state index contributed by atoms with van der Waals surface area (Å²) in [5, 5.41) is 19.3. The molecule has 0 fully saturated rings. The Bertz CT molecular complexity index is 2600. The average molecular weight is 1000 g/mol. The van der Waals surface area contributed by atoms with Gasteiger partial charge in [0.25, 0.3) is 0 Å². The third-order valence-corrected chi connectivity index (χ3v) is 12.8. The third kappa shape index (κ3) is 16.5.